The summed E-state index contributed by atoms with van der Waals surface area (Å²) in [5.41, 5.74) is 1.06. The normalized spacial score (nSPS) is 21.6. The van der Waals surface area contributed by atoms with E-state index in [1.165, 1.54) is 4.88 Å². The molecule has 9 heteroatoms. The van der Waals surface area contributed by atoms with Crippen molar-refractivity contribution in [1.82, 2.24) is 15.6 Å². The molecule has 4 nitrogen and oxygen atoms in total. The number of aromatic nitrogens is 1. The van der Waals surface area contributed by atoms with E-state index in [-0.39, 0.29) is 42.9 Å². The first kappa shape index (κ1) is 22.5. The molecule has 1 saturated carbocycles. The number of hydrogen-bond donors (Lipinski definition) is 2. The Hall–Kier alpha value is -0.580. The van der Waals surface area contributed by atoms with Crippen molar-refractivity contribution >= 4 is 41.3 Å². The number of hydrogen-bond acceptors (Lipinski definition) is 3. The highest BCUT2D eigenvalue weighted by molar-refractivity contribution is 14.0. The van der Waals surface area contributed by atoms with Crippen molar-refractivity contribution in [3.63, 3.8) is 0 Å². The fraction of sp³-hybridized carbons (Fsp3) is 0.750. The van der Waals surface area contributed by atoms with Gasteiger partial charge in [-0.25, -0.2) is 4.98 Å². The molecule has 0 spiro atoms. The largest absolute Gasteiger partial charge is 0.391 e. The van der Waals surface area contributed by atoms with Crippen molar-refractivity contribution in [2.45, 2.75) is 58.2 Å². The summed E-state index contributed by atoms with van der Waals surface area (Å²) in [6, 6.07) is 0.0576. The lowest BCUT2D eigenvalue weighted by Gasteiger charge is -2.31. The van der Waals surface area contributed by atoms with Crippen LogP contribution in [0.2, 0.25) is 0 Å². The summed E-state index contributed by atoms with van der Waals surface area (Å²) >= 11 is 1.69. The highest BCUT2D eigenvalue weighted by Crippen LogP contribution is 2.37. The maximum atomic E-state index is 12.7. The van der Waals surface area contributed by atoms with Crippen molar-refractivity contribution in [3.05, 3.63) is 15.6 Å². The quantitative estimate of drug-likeness (QED) is 0.378. The maximum Gasteiger partial charge on any atom is 0.391 e. The number of guanidine groups is 1. The third kappa shape index (κ3) is 6.92. The molecule has 1 aromatic heterocycles. The molecule has 0 atom stereocenters. The Kier molecular flexibility index (Phi) is 8.93. The van der Waals surface area contributed by atoms with Crippen LogP contribution < -0.4 is 10.6 Å². The number of halogens is 4. The van der Waals surface area contributed by atoms with Crippen molar-refractivity contribution in [2.75, 3.05) is 13.6 Å². The zero-order chi connectivity index (χ0) is 17.7. The lowest BCUT2D eigenvalue weighted by atomic mass is 9.85. The van der Waals surface area contributed by atoms with Gasteiger partial charge in [0.25, 0.3) is 0 Å². The van der Waals surface area contributed by atoms with Crippen molar-refractivity contribution in [2.24, 2.45) is 10.9 Å². The Balaban J connectivity index is 0.00000312. The molecule has 1 heterocycles. The standard InChI is InChI=1S/C16H25F3N4S.HI/c1-10-14(24-11(2)22-10)8-9-21-15(20-3)23-13-6-4-12(5-7-13)16(17,18)19;/h12-13H,4-9H2,1-3H3,(H2,20,21,23);1H. The van der Waals surface area contributed by atoms with E-state index < -0.39 is 12.1 Å². The number of thiazole rings is 1. The maximum absolute atomic E-state index is 12.7. The summed E-state index contributed by atoms with van der Waals surface area (Å²) in [4.78, 5) is 9.82. The molecule has 1 aliphatic rings. The zero-order valence-corrected chi connectivity index (χ0v) is 17.9. The van der Waals surface area contributed by atoms with E-state index in [9.17, 15) is 13.2 Å². The van der Waals surface area contributed by atoms with Gasteiger partial charge < -0.3 is 10.6 Å². The van der Waals surface area contributed by atoms with Crippen LogP contribution in [-0.2, 0) is 6.42 Å². The minimum Gasteiger partial charge on any atom is -0.356 e. The molecule has 0 saturated heterocycles. The molecular weight excluding hydrogens is 464 g/mol. The number of aliphatic imine (C=N–C) groups is 1. The summed E-state index contributed by atoms with van der Waals surface area (Å²) in [5.74, 6) is -0.493. The average Bonchev–Trinajstić information content (AvgIpc) is 2.83. The van der Waals surface area contributed by atoms with Gasteiger partial charge in [-0.05, 0) is 39.5 Å². The van der Waals surface area contributed by atoms with Gasteiger partial charge in [0.05, 0.1) is 16.6 Å². The first-order valence-electron chi connectivity index (χ1n) is 8.26. The van der Waals surface area contributed by atoms with Crippen LogP contribution in [0.5, 0.6) is 0 Å². The summed E-state index contributed by atoms with van der Waals surface area (Å²) in [5, 5.41) is 7.54. The minimum absolute atomic E-state index is 0. The number of rotatable bonds is 4. The molecule has 0 unspecified atom stereocenters. The van der Waals surface area contributed by atoms with Gasteiger partial charge in [-0.2, -0.15) is 13.2 Å². The summed E-state index contributed by atoms with van der Waals surface area (Å²) < 4.78 is 38.1. The number of aryl methyl sites for hydroxylation is 2. The first-order chi connectivity index (χ1) is 11.3. The molecule has 25 heavy (non-hydrogen) atoms. The molecule has 144 valence electrons. The SMILES string of the molecule is CN=C(NCCc1sc(C)nc1C)NC1CCC(C(F)(F)F)CC1.I. The van der Waals surface area contributed by atoms with Crippen LogP contribution in [0.25, 0.3) is 0 Å². The van der Waals surface area contributed by atoms with Crippen LogP contribution in [0.4, 0.5) is 13.2 Å². The van der Waals surface area contributed by atoms with E-state index in [0.717, 1.165) is 23.7 Å². The van der Waals surface area contributed by atoms with E-state index in [0.29, 0.717) is 18.8 Å². The fourth-order valence-electron chi connectivity index (χ4n) is 3.05. The molecule has 1 fully saturated rings. The topological polar surface area (TPSA) is 49.3 Å². The molecule has 2 N–H and O–H groups in total. The summed E-state index contributed by atoms with van der Waals surface area (Å²) in [6.45, 7) is 4.72. The molecule has 0 radical (unpaired) electrons. The molecule has 2 rings (SSSR count). The predicted molar refractivity (Wildman–Crippen MR) is 107 cm³/mol. The Bertz CT molecular complexity index is 566. The van der Waals surface area contributed by atoms with Crippen molar-refractivity contribution < 1.29 is 13.2 Å². The smallest absolute Gasteiger partial charge is 0.356 e. The second-order valence-electron chi connectivity index (χ2n) is 6.22. The first-order valence-corrected chi connectivity index (χ1v) is 9.08. The molecule has 0 aromatic carbocycles. The van der Waals surface area contributed by atoms with E-state index in [1.807, 2.05) is 13.8 Å². The monoisotopic (exact) mass is 490 g/mol. The second-order valence-corrected chi connectivity index (χ2v) is 7.51. The van der Waals surface area contributed by atoms with Crippen LogP contribution in [0.1, 0.15) is 41.3 Å². The number of nitrogens with zero attached hydrogens (tertiary/aromatic N) is 2. The third-order valence-electron chi connectivity index (χ3n) is 4.40. The second kappa shape index (κ2) is 9.94. The Morgan fingerprint density at radius 2 is 1.88 bits per heavy atom. The number of nitrogens with one attached hydrogen (secondary N) is 2. The van der Waals surface area contributed by atoms with Gasteiger partial charge in [-0.15, -0.1) is 35.3 Å². The highest BCUT2D eigenvalue weighted by Gasteiger charge is 2.41. The van der Waals surface area contributed by atoms with Gasteiger partial charge in [0.15, 0.2) is 5.96 Å². The van der Waals surface area contributed by atoms with Crippen LogP contribution in [0.15, 0.2) is 4.99 Å². The van der Waals surface area contributed by atoms with E-state index in [1.54, 1.807) is 18.4 Å². The Morgan fingerprint density at radius 3 is 2.36 bits per heavy atom. The summed E-state index contributed by atoms with van der Waals surface area (Å²) in [6.07, 6.45) is -1.76. The molecular formula is C16H26F3IN4S. The molecule has 0 amide bonds. The van der Waals surface area contributed by atoms with E-state index in [2.05, 4.69) is 20.6 Å². The Labute approximate surface area is 168 Å². The number of alkyl halides is 3. The summed E-state index contributed by atoms with van der Waals surface area (Å²) in [7, 11) is 1.68. The molecule has 1 aliphatic carbocycles. The van der Waals surface area contributed by atoms with Crippen LogP contribution >= 0.6 is 35.3 Å². The Morgan fingerprint density at radius 1 is 1.24 bits per heavy atom. The van der Waals surface area contributed by atoms with Crippen LogP contribution in [0, 0.1) is 19.8 Å². The predicted octanol–water partition coefficient (Wildman–Crippen LogP) is 4.21. The highest BCUT2D eigenvalue weighted by atomic mass is 127. The lowest BCUT2D eigenvalue weighted by molar-refractivity contribution is -0.182. The average molecular weight is 490 g/mol. The van der Waals surface area contributed by atoms with Gasteiger partial charge >= 0.3 is 6.18 Å². The van der Waals surface area contributed by atoms with E-state index >= 15 is 0 Å². The zero-order valence-electron chi connectivity index (χ0n) is 14.7. The van der Waals surface area contributed by atoms with Gasteiger partial charge in [0.2, 0.25) is 0 Å². The molecule has 0 aliphatic heterocycles. The van der Waals surface area contributed by atoms with Gasteiger partial charge in [-0.1, -0.05) is 0 Å². The van der Waals surface area contributed by atoms with Crippen LogP contribution in [0.3, 0.4) is 0 Å². The van der Waals surface area contributed by atoms with Crippen molar-refractivity contribution in [1.29, 1.82) is 0 Å². The van der Waals surface area contributed by atoms with E-state index in [4.69, 9.17) is 0 Å². The molecule has 1 aromatic rings. The fourth-order valence-corrected chi connectivity index (χ4v) is 3.99. The lowest BCUT2D eigenvalue weighted by Crippen LogP contribution is -2.46. The van der Waals surface area contributed by atoms with Gasteiger partial charge in [0, 0.05) is 30.9 Å². The molecule has 0 bridgehead atoms. The third-order valence-corrected chi connectivity index (χ3v) is 5.53. The van der Waals surface area contributed by atoms with Gasteiger partial charge in [-0.3, -0.25) is 4.99 Å². The van der Waals surface area contributed by atoms with Crippen LogP contribution in [-0.4, -0.2) is 36.8 Å². The minimum atomic E-state index is -4.06. The van der Waals surface area contributed by atoms with Crippen molar-refractivity contribution in [3.8, 4) is 0 Å². The van der Waals surface area contributed by atoms with Gasteiger partial charge in [0.1, 0.15) is 0 Å².